The number of carbonyl (C=O) groups excluding carboxylic acids is 2. The predicted molar refractivity (Wildman–Crippen MR) is 108 cm³/mol. The van der Waals surface area contributed by atoms with E-state index in [2.05, 4.69) is 11.5 Å². The van der Waals surface area contributed by atoms with Crippen LogP contribution >= 0.6 is 11.6 Å². The summed E-state index contributed by atoms with van der Waals surface area (Å²) in [7, 11) is 2.03. The first-order valence-electron chi connectivity index (χ1n) is 8.60. The first-order chi connectivity index (χ1) is 13.0. The molecule has 1 fully saturated rings. The van der Waals surface area contributed by atoms with E-state index in [1.807, 2.05) is 37.4 Å². The van der Waals surface area contributed by atoms with Gasteiger partial charge in [0.1, 0.15) is 12.0 Å². The fraction of sp³-hybridized carbons (Fsp3) is 0.238. The van der Waals surface area contributed by atoms with Crippen LogP contribution in [0.4, 0.5) is 0 Å². The molecule has 1 aliphatic rings. The Hall–Kier alpha value is -2.63. The molecule has 1 amide bonds. The molecule has 0 atom stereocenters. The van der Waals surface area contributed by atoms with E-state index in [9.17, 15) is 9.90 Å². The molecular weight excluding hydrogens is 364 g/mol. The molecule has 2 aromatic carbocycles. The van der Waals surface area contributed by atoms with Crippen LogP contribution < -0.4 is 0 Å². The second-order valence-electron chi connectivity index (χ2n) is 6.18. The first kappa shape index (κ1) is 20.7. The van der Waals surface area contributed by atoms with Crippen molar-refractivity contribution in [3.8, 4) is 16.9 Å². The van der Waals surface area contributed by atoms with Gasteiger partial charge in [-0.1, -0.05) is 48.5 Å². The Morgan fingerprint density at radius 3 is 2.30 bits per heavy atom. The molecule has 0 aromatic heterocycles. The van der Waals surface area contributed by atoms with Gasteiger partial charge in [0.2, 0.25) is 0 Å². The molecule has 3 rings (SSSR count). The van der Waals surface area contributed by atoms with Crippen molar-refractivity contribution in [1.29, 1.82) is 0 Å². The number of rotatable bonds is 3. The summed E-state index contributed by atoms with van der Waals surface area (Å²) in [6, 6.07) is 12.7. The Bertz CT molecular complexity index is 795. The molecule has 0 spiro atoms. The van der Waals surface area contributed by atoms with E-state index in [0.717, 1.165) is 24.2 Å². The number of hydrogen-bond acceptors (Lipinski definition) is 4. The van der Waals surface area contributed by atoms with Crippen molar-refractivity contribution in [2.75, 3.05) is 33.2 Å². The number of piperazine rings is 1. The van der Waals surface area contributed by atoms with Crippen molar-refractivity contribution < 1.29 is 14.7 Å². The molecule has 1 aliphatic heterocycles. The zero-order valence-electron chi connectivity index (χ0n) is 15.3. The fourth-order valence-corrected chi connectivity index (χ4v) is 3.02. The lowest BCUT2D eigenvalue weighted by Crippen LogP contribution is -2.47. The number of benzene rings is 2. The van der Waals surface area contributed by atoms with E-state index in [1.54, 1.807) is 17.0 Å². The van der Waals surface area contributed by atoms with Gasteiger partial charge in [0, 0.05) is 36.8 Å². The number of phenolic OH excluding ortho intramolecular Hbond substituents is 1. The Labute approximate surface area is 164 Å². The Kier molecular flexibility index (Phi) is 7.58. The van der Waals surface area contributed by atoms with Crippen LogP contribution in [0, 0.1) is 0 Å². The quantitative estimate of drug-likeness (QED) is 0.648. The standard InChI is InChI=1S/C18H19ClN2O2.C3H4O/c1-20-7-9-21(10-8-20)18(23)15-11-16(19)14(12-17(15)22)13-5-3-2-4-6-13;1-2-3-4/h2-6,11-12,22H,7-10H2,1H3;2-3H,1H2. The molecule has 142 valence electrons. The van der Waals surface area contributed by atoms with E-state index in [0.29, 0.717) is 24.4 Å². The van der Waals surface area contributed by atoms with Crippen LogP contribution in [-0.4, -0.2) is 60.3 Å². The van der Waals surface area contributed by atoms with Crippen LogP contribution in [0.1, 0.15) is 10.4 Å². The summed E-state index contributed by atoms with van der Waals surface area (Å²) in [5.74, 6) is -0.200. The Morgan fingerprint density at radius 1 is 1.15 bits per heavy atom. The van der Waals surface area contributed by atoms with E-state index < -0.39 is 0 Å². The van der Waals surface area contributed by atoms with E-state index >= 15 is 0 Å². The number of aromatic hydroxyl groups is 1. The number of hydrogen-bond donors (Lipinski definition) is 1. The zero-order valence-corrected chi connectivity index (χ0v) is 16.0. The van der Waals surface area contributed by atoms with Crippen molar-refractivity contribution in [3.05, 3.63) is 65.7 Å². The van der Waals surface area contributed by atoms with Crippen LogP contribution in [-0.2, 0) is 4.79 Å². The number of phenols is 1. The van der Waals surface area contributed by atoms with Crippen LogP contribution in [0.25, 0.3) is 11.1 Å². The van der Waals surface area contributed by atoms with Gasteiger partial charge in [0.25, 0.3) is 5.91 Å². The molecule has 27 heavy (non-hydrogen) atoms. The van der Waals surface area contributed by atoms with Crippen LogP contribution in [0.5, 0.6) is 5.75 Å². The maximum atomic E-state index is 12.6. The summed E-state index contributed by atoms with van der Waals surface area (Å²) in [5, 5.41) is 10.8. The summed E-state index contributed by atoms with van der Waals surface area (Å²) in [6.45, 7) is 6.10. The number of amides is 1. The monoisotopic (exact) mass is 386 g/mol. The average Bonchev–Trinajstić information content (AvgIpc) is 2.70. The van der Waals surface area contributed by atoms with Crippen molar-refractivity contribution in [2.24, 2.45) is 0 Å². The van der Waals surface area contributed by atoms with Gasteiger partial charge in [-0.05, 0) is 30.8 Å². The van der Waals surface area contributed by atoms with Crippen molar-refractivity contribution in [1.82, 2.24) is 9.80 Å². The molecule has 0 saturated carbocycles. The van der Waals surface area contributed by atoms with Crippen LogP contribution in [0.15, 0.2) is 55.1 Å². The summed E-state index contributed by atoms with van der Waals surface area (Å²) >= 11 is 6.35. The summed E-state index contributed by atoms with van der Waals surface area (Å²) < 4.78 is 0. The minimum atomic E-state index is -0.169. The van der Waals surface area contributed by atoms with Crippen molar-refractivity contribution in [2.45, 2.75) is 0 Å². The smallest absolute Gasteiger partial charge is 0.257 e. The number of allylic oxidation sites excluding steroid dienone is 1. The molecular formula is C21H23ClN2O3. The number of halogens is 1. The normalized spacial score (nSPS) is 14.1. The van der Waals surface area contributed by atoms with Gasteiger partial charge in [-0.15, -0.1) is 0 Å². The van der Waals surface area contributed by atoms with Gasteiger partial charge in [-0.25, -0.2) is 0 Å². The predicted octanol–water partition coefficient (Wildman–Crippen LogP) is 3.47. The minimum Gasteiger partial charge on any atom is -0.507 e. The fourth-order valence-electron chi connectivity index (χ4n) is 2.75. The highest BCUT2D eigenvalue weighted by Crippen LogP contribution is 2.34. The maximum Gasteiger partial charge on any atom is 0.257 e. The number of aldehydes is 1. The lowest BCUT2D eigenvalue weighted by Gasteiger charge is -2.32. The largest absolute Gasteiger partial charge is 0.507 e. The number of carbonyl (C=O) groups is 2. The summed E-state index contributed by atoms with van der Waals surface area (Å²) in [6.07, 6.45) is 1.83. The third-order valence-corrected chi connectivity index (χ3v) is 4.60. The van der Waals surface area contributed by atoms with Crippen molar-refractivity contribution >= 4 is 23.8 Å². The highest BCUT2D eigenvalue weighted by atomic mass is 35.5. The van der Waals surface area contributed by atoms with Gasteiger partial charge in [-0.3, -0.25) is 9.59 Å². The second-order valence-corrected chi connectivity index (χ2v) is 6.59. The molecule has 0 radical (unpaired) electrons. The Morgan fingerprint density at radius 2 is 1.74 bits per heavy atom. The van der Waals surface area contributed by atoms with Crippen LogP contribution in [0.2, 0.25) is 5.02 Å². The lowest BCUT2D eigenvalue weighted by atomic mass is 10.0. The van der Waals surface area contributed by atoms with E-state index in [-0.39, 0.29) is 17.2 Å². The van der Waals surface area contributed by atoms with E-state index in [4.69, 9.17) is 16.4 Å². The van der Waals surface area contributed by atoms with Gasteiger partial charge >= 0.3 is 0 Å². The Balaban J connectivity index is 0.000000596. The zero-order chi connectivity index (χ0) is 19.8. The van der Waals surface area contributed by atoms with E-state index in [1.165, 1.54) is 6.08 Å². The van der Waals surface area contributed by atoms with Gasteiger partial charge < -0.3 is 14.9 Å². The maximum absolute atomic E-state index is 12.6. The first-order valence-corrected chi connectivity index (χ1v) is 8.97. The summed E-state index contributed by atoms with van der Waals surface area (Å²) in [4.78, 5) is 25.6. The molecule has 1 N–H and O–H groups in total. The average molecular weight is 387 g/mol. The summed E-state index contributed by atoms with van der Waals surface area (Å²) in [5.41, 5.74) is 1.89. The third-order valence-electron chi connectivity index (χ3n) is 4.29. The SMILES string of the molecule is C=CC=O.CN1CCN(C(=O)c2cc(Cl)c(-c3ccccc3)cc2O)CC1. The highest BCUT2D eigenvalue weighted by Gasteiger charge is 2.23. The number of likely N-dealkylation sites (N-methyl/N-ethyl adjacent to an activating group) is 1. The van der Waals surface area contributed by atoms with Gasteiger partial charge in [-0.2, -0.15) is 0 Å². The van der Waals surface area contributed by atoms with Crippen LogP contribution in [0.3, 0.4) is 0 Å². The molecule has 6 heteroatoms. The molecule has 0 aliphatic carbocycles. The second kappa shape index (κ2) is 9.90. The molecule has 5 nitrogen and oxygen atoms in total. The molecule has 1 heterocycles. The molecule has 2 aromatic rings. The van der Waals surface area contributed by atoms with Gasteiger partial charge in [0.15, 0.2) is 0 Å². The molecule has 1 saturated heterocycles. The number of nitrogens with zero attached hydrogens (tertiary/aromatic N) is 2. The minimum absolute atomic E-state index is 0.0304. The van der Waals surface area contributed by atoms with Gasteiger partial charge in [0.05, 0.1) is 5.56 Å². The highest BCUT2D eigenvalue weighted by molar-refractivity contribution is 6.33. The molecule has 0 unspecified atom stereocenters. The molecule has 0 bridgehead atoms. The van der Waals surface area contributed by atoms with Crippen molar-refractivity contribution in [3.63, 3.8) is 0 Å². The topological polar surface area (TPSA) is 60.9 Å². The third kappa shape index (κ3) is 5.42. The lowest BCUT2D eigenvalue weighted by molar-refractivity contribution is -0.104.